The molecule has 1 aromatic rings. The summed E-state index contributed by atoms with van der Waals surface area (Å²) in [5.41, 5.74) is 1.17. The van der Waals surface area contributed by atoms with Crippen LogP contribution in [0.25, 0.3) is 0 Å². The first-order valence-corrected chi connectivity index (χ1v) is 7.80. The van der Waals surface area contributed by atoms with Crippen LogP contribution < -0.4 is 4.72 Å². The molecular formula is C14H18N2O2S. The highest BCUT2D eigenvalue weighted by atomic mass is 32.2. The minimum Gasteiger partial charge on any atom is -0.271 e. The third-order valence-electron chi connectivity index (χ3n) is 3.36. The van der Waals surface area contributed by atoms with Gasteiger partial charge in [-0.25, -0.2) is 0 Å². The zero-order valence-corrected chi connectivity index (χ0v) is 11.8. The van der Waals surface area contributed by atoms with Gasteiger partial charge in [0.25, 0.3) is 0 Å². The summed E-state index contributed by atoms with van der Waals surface area (Å²) in [7, 11) is -3.47. The van der Waals surface area contributed by atoms with Gasteiger partial charge in [-0.3, -0.25) is 4.72 Å². The minimum atomic E-state index is -3.47. The van der Waals surface area contributed by atoms with Crippen molar-refractivity contribution in [1.29, 1.82) is 0 Å². The fourth-order valence-corrected chi connectivity index (χ4v) is 3.36. The van der Waals surface area contributed by atoms with Gasteiger partial charge in [-0.2, -0.15) is 12.7 Å². The van der Waals surface area contributed by atoms with E-state index in [4.69, 9.17) is 6.42 Å². The molecule has 1 heterocycles. The maximum Gasteiger partial charge on any atom is 0.301 e. The minimum absolute atomic E-state index is 0.508. The summed E-state index contributed by atoms with van der Waals surface area (Å²) in [5.74, 6) is 3.08. The summed E-state index contributed by atoms with van der Waals surface area (Å²) in [6.07, 6.45) is 7.12. The van der Waals surface area contributed by atoms with E-state index in [-0.39, 0.29) is 0 Å². The van der Waals surface area contributed by atoms with Crippen LogP contribution in [0.2, 0.25) is 0 Å². The van der Waals surface area contributed by atoms with Crippen molar-refractivity contribution in [2.75, 3.05) is 17.8 Å². The van der Waals surface area contributed by atoms with E-state index in [2.05, 4.69) is 17.6 Å². The van der Waals surface area contributed by atoms with E-state index in [0.29, 0.717) is 30.3 Å². The summed E-state index contributed by atoms with van der Waals surface area (Å²) in [6.45, 7) is 3.30. The topological polar surface area (TPSA) is 49.4 Å². The molecule has 0 bridgehead atoms. The van der Waals surface area contributed by atoms with Crippen molar-refractivity contribution >= 4 is 15.9 Å². The van der Waals surface area contributed by atoms with E-state index in [9.17, 15) is 8.42 Å². The summed E-state index contributed by atoms with van der Waals surface area (Å²) in [4.78, 5) is 0. The number of nitrogens with one attached hydrogen (secondary N) is 1. The second-order valence-corrected chi connectivity index (χ2v) is 6.58. The number of anilines is 1. The third-order valence-corrected chi connectivity index (χ3v) is 4.90. The van der Waals surface area contributed by atoms with Crippen LogP contribution in [0.15, 0.2) is 24.3 Å². The summed E-state index contributed by atoms with van der Waals surface area (Å²) in [5, 5.41) is 0. The quantitative estimate of drug-likeness (QED) is 0.860. The van der Waals surface area contributed by atoms with Gasteiger partial charge in [0.2, 0.25) is 0 Å². The van der Waals surface area contributed by atoms with E-state index in [1.165, 1.54) is 4.31 Å². The molecule has 4 nitrogen and oxygen atoms in total. The number of hydrogen-bond donors (Lipinski definition) is 1. The van der Waals surface area contributed by atoms with Gasteiger partial charge < -0.3 is 0 Å². The van der Waals surface area contributed by atoms with Crippen molar-refractivity contribution in [3.05, 3.63) is 29.8 Å². The summed E-state index contributed by atoms with van der Waals surface area (Å²) < 4.78 is 28.5. The number of rotatable bonds is 3. The number of hydrogen-bond acceptors (Lipinski definition) is 2. The number of nitrogens with zero attached hydrogens (tertiary/aromatic N) is 1. The highest BCUT2D eigenvalue weighted by Crippen LogP contribution is 2.20. The molecule has 0 atom stereocenters. The van der Waals surface area contributed by atoms with Crippen molar-refractivity contribution in [2.45, 2.75) is 19.8 Å². The molecule has 102 valence electrons. The Bertz CT molecular complexity index is 582. The molecular weight excluding hydrogens is 260 g/mol. The Kier molecular flexibility index (Phi) is 4.13. The van der Waals surface area contributed by atoms with E-state index >= 15 is 0 Å². The molecule has 0 saturated carbocycles. The molecule has 0 aliphatic carbocycles. The van der Waals surface area contributed by atoms with E-state index < -0.39 is 10.2 Å². The first kappa shape index (κ1) is 13.9. The highest BCUT2D eigenvalue weighted by molar-refractivity contribution is 7.90. The Morgan fingerprint density at radius 3 is 2.68 bits per heavy atom. The Morgan fingerprint density at radius 2 is 2.05 bits per heavy atom. The molecule has 1 saturated heterocycles. The predicted octanol–water partition coefficient (Wildman–Crippen LogP) is 2.06. The van der Waals surface area contributed by atoms with E-state index in [1.807, 2.05) is 0 Å². The third kappa shape index (κ3) is 3.49. The van der Waals surface area contributed by atoms with Crippen molar-refractivity contribution in [1.82, 2.24) is 4.31 Å². The number of piperidine rings is 1. The van der Waals surface area contributed by atoms with Crippen molar-refractivity contribution in [3.63, 3.8) is 0 Å². The van der Waals surface area contributed by atoms with E-state index in [0.717, 1.165) is 12.8 Å². The molecule has 0 amide bonds. The van der Waals surface area contributed by atoms with Crippen molar-refractivity contribution < 1.29 is 8.42 Å². The second kappa shape index (κ2) is 5.64. The summed E-state index contributed by atoms with van der Waals surface area (Å²) in [6, 6.07) is 6.86. The molecule has 1 fully saturated rings. The zero-order valence-electron chi connectivity index (χ0n) is 11.0. The van der Waals surface area contributed by atoms with Gasteiger partial charge >= 0.3 is 10.2 Å². The molecule has 1 aliphatic heterocycles. The largest absolute Gasteiger partial charge is 0.301 e. The van der Waals surface area contributed by atoms with Gasteiger partial charge in [-0.05, 0) is 37.0 Å². The number of terminal acetylenes is 1. The van der Waals surface area contributed by atoms with Crippen LogP contribution >= 0.6 is 0 Å². The Morgan fingerprint density at radius 1 is 1.37 bits per heavy atom. The van der Waals surface area contributed by atoms with Gasteiger partial charge in [0.1, 0.15) is 0 Å². The van der Waals surface area contributed by atoms with Crippen molar-refractivity contribution in [2.24, 2.45) is 5.92 Å². The maximum absolute atomic E-state index is 12.2. The van der Waals surface area contributed by atoms with Gasteiger partial charge in [0, 0.05) is 18.7 Å². The molecule has 0 unspecified atom stereocenters. The van der Waals surface area contributed by atoms with E-state index in [1.54, 1.807) is 24.3 Å². The fourth-order valence-electron chi connectivity index (χ4n) is 2.11. The molecule has 2 rings (SSSR count). The molecule has 0 radical (unpaired) electrons. The Hall–Kier alpha value is -1.51. The predicted molar refractivity (Wildman–Crippen MR) is 76.9 cm³/mol. The Labute approximate surface area is 115 Å². The fraction of sp³-hybridized carbons (Fsp3) is 0.429. The standard InChI is InChI=1S/C14H18N2O2S/c1-3-13-5-4-6-14(11-13)15-19(17,18)16-9-7-12(2)8-10-16/h1,4-6,11-12,15H,7-10H2,2H3. The average Bonchev–Trinajstić information content (AvgIpc) is 2.39. The van der Waals surface area contributed by atoms with Gasteiger partial charge in [-0.1, -0.05) is 18.9 Å². The lowest BCUT2D eigenvalue weighted by atomic mass is 10.0. The van der Waals surface area contributed by atoms with Crippen LogP contribution in [-0.2, 0) is 10.2 Å². The molecule has 0 aromatic heterocycles. The van der Waals surface area contributed by atoms with Crippen LogP contribution in [0.5, 0.6) is 0 Å². The van der Waals surface area contributed by atoms with Crippen LogP contribution in [0.3, 0.4) is 0 Å². The van der Waals surface area contributed by atoms with Crippen LogP contribution in [-0.4, -0.2) is 25.8 Å². The first-order valence-electron chi connectivity index (χ1n) is 6.36. The average molecular weight is 278 g/mol. The monoisotopic (exact) mass is 278 g/mol. The van der Waals surface area contributed by atoms with Crippen LogP contribution in [0.4, 0.5) is 5.69 Å². The molecule has 5 heteroatoms. The zero-order chi connectivity index (χ0) is 13.9. The van der Waals surface area contributed by atoms with Gasteiger partial charge in [0.15, 0.2) is 0 Å². The number of benzene rings is 1. The first-order chi connectivity index (χ1) is 9.01. The van der Waals surface area contributed by atoms with Crippen molar-refractivity contribution in [3.8, 4) is 12.3 Å². The van der Waals surface area contributed by atoms with Gasteiger partial charge in [-0.15, -0.1) is 6.42 Å². The van der Waals surface area contributed by atoms with Crippen LogP contribution in [0.1, 0.15) is 25.3 Å². The lowest BCUT2D eigenvalue weighted by Crippen LogP contribution is -2.41. The SMILES string of the molecule is C#Cc1cccc(NS(=O)(=O)N2CCC(C)CC2)c1. The smallest absolute Gasteiger partial charge is 0.271 e. The van der Waals surface area contributed by atoms with Crippen LogP contribution in [0, 0.1) is 18.3 Å². The summed E-state index contributed by atoms with van der Waals surface area (Å²) >= 11 is 0. The molecule has 0 spiro atoms. The normalized spacial score (nSPS) is 17.9. The lowest BCUT2D eigenvalue weighted by Gasteiger charge is -2.29. The molecule has 1 N–H and O–H groups in total. The molecule has 19 heavy (non-hydrogen) atoms. The lowest BCUT2D eigenvalue weighted by molar-refractivity contribution is 0.289. The highest BCUT2D eigenvalue weighted by Gasteiger charge is 2.26. The van der Waals surface area contributed by atoms with Gasteiger partial charge in [0.05, 0.1) is 5.69 Å². The molecule has 1 aliphatic rings. The Balaban J connectivity index is 2.10. The maximum atomic E-state index is 12.2. The second-order valence-electron chi connectivity index (χ2n) is 4.91. The molecule has 1 aromatic carbocycles.